The van der Waals surface area contributed by atoms with Gasteiger partial charge in [-0.05, 0) is 36.6 Å². The molecule has 1 aromatic heterocycles. The maximum absolute atomic E-state index is 12.6. The molecule has 1 amide bonds. The average molecular weight is 376 g/mol. The van der Waals surface area contributed by atoms with Gasteiger partial charge in [0.05, 0.1) is 5.56 Å². The van der Waals surface area contributed by atoms with Gasteiger partial charge in [0, 0.05) is 29.8 Å². The van der Waals surface area contributed by atoms with Crippen molar-refractivity contribution in [3.63, 3.8) is 0 Å². The third kappa shape index (κ3) is 3.59. The molecule has 142 valence electrons. The third-order valence-electron chi connectivity index (χ3n) is 4.52. The Morgan fingerprint density at radius 3 is 2.68 bits per heavy atom. The minimum atomic E-state index is -0.237. The molecular formula is C21H20N4O3. The average Bonchev–Trinajstić information content (AvgIpc) is 3.18. The van der Waals surface area contributed by atoms with Crippen LogP contribution in [0.2, 0.25) is 0 Å². The zero-order valence-electron chi connectivity index (χ0n) is 15.7. The minimum absolute atomic E-state index is 0.222. The minimum Gasteiger partial charge on any atom is -0.454 e. The number of anilines is 3. The summed E-state index contributed by atoms with van der Waals surface area (Å²) in [6.45, 7) is 4.26. The lowest BCUT2D eigenvalue weighted by Gasteiger charge is -2.13. The number of fused-ring (bicyclic) bond motifs is 1. The summed E-state index contributed by atoms with van der Waals surface area (Å²) in [5.74, 6) is 1.53. The van der Waals surface area contributed by atoms with Crippen LogP contribution in [0, 0.1) is 6.92 Å². The Labute approximate surface area is 162 Å². The van der Waals surface area contributed by atoms with E-state index in [1.807, 2.05) is 43.3 Å². The highest BCUT2D eigenvalue weighted by molar-refractivity contribution is 6.04. The molecule has 7 heteroatoms. The second-order valence-electron chi connectivity index (χ2n) is 6.41. The molecule has 0 radical (unpaired) electrons. The van der Waals surface area contributed by atoms with Crippen LogP contribution in [0.4, 0.5) is 17.3 Å². The Bertz CT molecular complexity index is 1020. The molecule has 2 heterocycles. The molecule has 28 heavy (non-hydrogen) atoms. The molecule has 0 saturated heterocycles. The van der Waals surface area contributed by atoms with E-state index >= 15 is 0 Å². The molecule has 1 aliphatic rings. The number of rotatable bonds is 5. The fourth-order valence-corrected chi connectivity index (χ4v) is 3.00. The van der Waals surface area contributed by atoms with Crippen LogP contribution in [0.3, 0.4) is 0 Å². The number of nitrogens with zero attached hydrogens (tertiary/aromatic N) is 2. The van der Waals surface area contributed by atoms with Crippen molar-refractivity contribution >= 4 is 23.2 Å². The van der Waals surface area contributed by atoms with Gasteiger partial charge < -0.3 is 20.1 Å². The normalized spacial score (nSPS) is 11.9. The first-order chi connectivity index (χ1) is 13.6. The Morgan fingerprint density at radius 1 is 1.11 bits per heavy atom. The van der Waals surface area contributed by atoms with Crippen LogP contribution in [0.25, 0.3) is 0 Å². The van der Waals surface area contributed by atoms with Gasteiger partial charge in [0.2, 0.25) is 12.7 Å². The van der Waals surface area contributed by atoms with Crippen LogP contribution in [-0.2, 0) is 6.42 Å². The Balaban J connectivity index is 1.46. The Morgan fingerprint density at radius 2 is 1.89 bits per heavy atom. The van der Waals surface area contributed by atoms with Gasteiger partial charge in [-0.15, -0.1) is 0 Å². The SMILES string of the molecule is CCc1cccc(C)c1NC(=O)c1cnc(Nc2ccc3c(c2)OCO3)nc1. The second kappa shape index (κ2) is 7.56. The summed E-state index contributed by atoms with van der Waals surface area (Å²) in [5, 5.41) is 6.06. The predicted octanol–water partition coefficient (Wildman–Crippen LogP) is 4.07. The van der Waals surface area contributed by atoms with E-state index in [1.54, 1.807) is 0 Å². The molecule has 0 aliphatic carbocycles. The van der Waals surface area contributed by atoms with Gasteiger partial charge in [0.25, 0.3) is 5.91 Å². The van der Waals surface area contributed by atoms with E-state index in [4.69, 9.17) is 9.47 Å². The van der Waals surface area contributed by atoms with Gasteiger partial charge in [-0.1, -0.05) is 25.1 Å². The van der Waals surface area contributed by atoms with Crippen molar-refractivity contribution in [2.75, 3.05) is 17.4 Å². The van der Waals surface area contributed by atoms with E-state index < -0.39 is 0 Å². The number of aryl methyl sites for hydroxylation is 2. The largest absolute Gasteiger partial charge is 0.454 e. The van der Waals surface area contributed by atoms with Crippen molar-refractivity contribution in [2.45, 2.75) is 20.3 Å². The molecule has 7 nitrogen and oxygen atoms in total. The van der Waals surface area contributed by atoms with Crippen molar-refractivity contribution in [3.8, 4) is 11.5 Å². The smallest absolute Gasteiger partial charge is 0.258 e. The van der Waals surface area contributed by atoms with Gasteiger partial charge >= 0.3 is 0 Å². The number of carbonyl (C=O) groups is 1. The van der Waals surface area contributed by atoms with Crippen LogP contribution in [0.1, 0.15) is 28.4 Å². The van der Waals surface area contributed by atoms with Crippen LogP contribution >= 0.6 is 0 Å². The number of benzene rings is 2. The predicted molar refractivity (Wildman–Crippen MR) is 106 cm³/mol. The zero-order valence-corrected chi connectivity index (χ0v) is 15.7. The molecule has 0 bridgehead atoms. The fraction of sp³-hybridized carbons (Fsp3) is 0.190. The molecule has 0 fully saturated rings. The molecule has 0 unspecified atom stereocenters. The van der Waals surface area contributed by atoms with Crippen LogP contribution in [0.15, 0.2) is 48.8 Å². The zero-order chi connectivity index (χ0) is 19.5. The van der Waals surface area contributed by atoms with E-state index in [9.17, 15) is 4.79 Å². The topological polar surface area (TPSA) is 85.4 Å². The summed E-state index contributed by atoms with van der Waals surface area (Å²) in [5.41, 5.74) is 4.12. The number of hydrogen-bond donors (Lipinski definition) is 2. The molecule has 3 aromatic rings. The Kier molecular flexibility index (Phi) is 4.80. The van der Waals surface area contributed by atoms with Crippen LogP contribution < -0.4 is 20.1 Å². The molecule has 1 aliphatic heterocycles. The summed E-state index contributed by atoms with van der Waals surface area (Å²) in [6.07, 6.45) is 3.84. The van der Waals surface area contributed by atoms with Gasteiger partial charge in [-0.25, -0.2) is 9.97 Å². The third-order valence-corrected chi connectivity index (χ3v) is 4.52. The molecular weight excluding hydrogens is 356 g/mol. The lowest BCUT2D eigenvalue weighted by molar-refractivity contribution is 0.102. The van der Waals surface area contributed by atoms with Crippen LogP contribution in [0.5, 0.6) is 11.5 Å². The number of hydrogen-bond acceptors (Lipinski definition) is 6. The summed E-state index contributed by atoms with van der Waals surface area (Å²) in [7, 11) is 0. The molecule has 0 atom stereocenters. The molecule has 4 rings (SSSR count). The van der Waals surface area contributed by atoms with Gasteiger partial charge in [-0.3, -0.25) is 4.79 Å². The maximum atomic E-state index is 12.6. The monoisotopic (exact) mass is 376 g/mol. The van der Waals surface area contributed by atoms with Crippen molar-refractivity contribution in [1.82, 2.24) is 9.97 Å². The number of aromatic nitrogens is 2. The number of para-hydroxylation sites is 1. The second-order valence-corrected chi connectivity index (χ2v) is 6.41. The number of amides is 1. The highest BCUT2D eigenvalue weighted by atomic mass is 16.7. The number of nitrogens with one attached hydrogen (secondary N) is 2. The van der Waals surface area contributed by atoms with E-state index in [0.29, 0.717) is 23.0 Å². The Hall–Kier alpha value is -3.61. The van der Waals surface area contributed by atoms with Gasteiger partial charge in [0.15, 0.2) is 11.5 Å². The summed E-state index contributed by atoms with van der Waals surface area (Å²) < 4.78 is 10.7. The highest BCUT2D eigenvalue weighted by Gasteiger charge is 2.14. The van der Waals surface area contributed by atoms with Crippen molar-refractivity contribution in [2.24, 2.45) is 0 Å². The van der Waals surface area contributed by atoms with Gasteiger partial charge in [-0.2, -0.15) is 0 Å². The van der Waals surface area contributed by atoms with E-state index in [0.717, 1.165) is 28.9 Å². The molecule has 0 spiro atoms. The van der Waals surface area contributed by atoms with E-state index in [-0.39, 0.29) is 12.7 Å². The maximum Gasteiger partial charge on any atom is 0.258 e. The van der Waals surface area contributed by atoms with Crippen molar-refractivity contribution < 1.29 is 14.3 Å². The summed E-state index contributed by atoms with van der Waals surface area (Å²) in [4.78, 5) is 21.1. The first-order valence-corrected chi connectivity index (χ1v) is 9.02. The van der Waals surface area contributed by atoms with Crippen molar-refractivity contribution in [3.05, 3.63) is 65.5 Å². The number of carbonyl (C=O) groups excluding carboxylic acids is 1. The van der Waals surface area contributed by atoms with E-state index in [1.165, 1.54) is 12.4 Å². The first-order valence-electron chi connectivity index (χ1n) is 9.02. The molecule has 0 saturated carbocycles. The summed E-state index contributed by atoms with van der Waals surface area (Å²) >= 11 is 0. The molecule has 2 aromatic carbocycles. The first kappa shape index (κ1) is 17.8. The lowest BCUT2D eigenvalue weighted by atomic mass is 10.1. The highest BCUT2D eigenvalue weighted by Crippen LogP contribution is 2.34. The van der Waals surface area contributed by atoms with Crippen LogP contribution in [-0.4, -0.2) is 22.7 Å². The van der Waals surface area contributed by atoms with Gasteiger partial charge in [0.1, 0.15) is 0 Å². The van der Waals surface area contributed by atoms with Crippen molar-refractivity contribution in [1.29, 1.82) is 0 Å². The lowest BCUT2D eigenvalue weighted by Crippen LogP contribution is -2.15. The standard InChI is InChI=1S/C21H20N4O3/c1-3-14-6-4-5-13(2)19(14)25-20(26)15-10-22-21(23-11-15)24-16-7-8-17-18(9-16)28-12-27-17/h4-11H,3,12H2,1-2H3,(H,25,26)(H,22,23,24). The quantitative estimate of drug-likeness (QED) is 0.698. The summed E-state index contributed by atoms with van der Waals surface area (Å²) in [6, 6.07) is 11.5. The van der Waals surface area contributed by atoms with E-state index in [2.05, 4.69) is 27.5 Å². The number of ether oxygens (including phenoxy) is 2. The fourth-order valence-electron chi connectivity index (χ4n) is 3.00. The molecule has 2 N–H and O–H groups in total.